The van der Waals surface area contributed by atoms with Crippen LogP contribution in [0.25, 0.3) is 11.2 Å². The Kier molecular flexibility index (Phi) is 7.63. The van der Waals surface area contributed by atoms with Crippen LogP contribution in [0.4, 0.5) is 4.79 Å². The number of hydrogen-bond acceptors (Lipinski definition) is 8. The van der Waals surface area contributed by atoms with Gasteiger partial charge in [0, 0.05) is 24.5 Å². The van der Waals surface area contributed by atoms with Crippen LogP contribution in [0, 0.1) is 6.92 Å². The van der Waals surface area contributed by atoms with Gasteiger partial charge in [0.1, 0.15) is 11.1 Å². The molecule has 1 fully saturated rings. The van der Waals surface area contributed by atoms with Crippen molar-refractivity contribution >= 4 is 39.0 Å². The second kappa shape index (κ2) is 10.4. The number of piperidine rings is 1. The van der Waals surface area contributed by atoms with E-state index in [1.54, 1.807) is 53.2 Å². The molecule has 11 heteroatoms. The van der Waals surface area contributed by atoms with E-state index in [0.29, 0.717) is 24.3 Å². The lowest BCUT2D eigenvalue weighted by Gasteiger charge is -2.35. The number of carbonyl (C=O) groups excluding carboxylic acids is 1. The van der Waals surface area contributed by atoms with Crippen molar-refractivity contribution in [2.45, 2.75) is 61.7 Å². The van der Waals surface area contributed by atoms with Gasteiger partial charge in [0.05, 0.1) is 22.2 Å². The number of carbonyl (C=O) groups is 1. The normalized spacial score (nSPS) is 17.8. The average Bonchev–Trinajstić information content (AvgIpc) is 3.26. The summed E-state index contributed by atoms with van der Waals surface area (Å²) >= 11 is 1.69. The average molecular weight is 532 g/mol. The number of hydrogen-bond donors (Lipinski definition) is 1. The molecule has 2 unspecified atom stereocenters. The predicted molar refractivity (Wildman–Crippen MR) is 142 cm³/mol. The van der Waals surface area contributed by atoms with E-state index in [1.165, 1.54) is 10.2 Å². The lowest BCUT2D eigenvalue weighted by Crippen LogP contribution is -2.44. The predicted octanol–water partition coefficient (Wildman–Crippen LogP) is 4.33. The zero-order chi connectivity index (χ0) is 26.1. The molecule has 0 saturated carbocycles. The first-order valence-corrected chi connectivity index (χ1v) is 14.3. The summed E-state index contributed by atoms with van der Waals surface area (Å²) in [4.78, 5) is 23.7. The van der Waals surface area contributed by atoms with E-state index in [2.05, 4.69) is 10.3 Å². The number of aryl methyl sites for hydroxylation is 1. The molecule has 1 N–H and O–H groups in total. The summed E-state index contributed by atoms with van der Waals surface area (Å²) in [5.74, 6) is 0. The molecule has 0 bridgehead atoms. The van der Waals surface area contributed by atoms with E-state index in [0.717, 1.165) is 18.4 Å². The summed E-state index contributed by atoms with van der Waals surface area (Å²) in [6.07, 6.45) is 4.70. The third-order valence-corrected chi connectivity index (χ3v) is 9.04. The fourth-order valence-electron chi connectivity index (χ4n) is 4.07. The smallest absolute Gasteiger partial charge is 0.410 e. The van der Waals surface area contributed by atoms with Crippen molar-refractivity contribution in [3.63, 3.8) is 0 Å². The number of nitrogens with zero attached hydrogens (tertiary/aromatic N) is 4. The Balaban J connectivity index is 1.51. The molecule has 9 nitrogen and oxygen atoms in total. The van der Waals surface area contributed by atoms with Gasteiger partial charge in [-0.05, 0) is 65.8 Å². The zero-order valence-electron chi connectivity index (χ0n) is 21.3. The van der Waals surface area contributed by atoms with E-state index < -0.39 is 15.6 Å². The molecule has 2 atom stereocenters. The molecule has 1 amide bonds. The molecule has 3 heterocycles. The van der Waals surface area contributed by atoms with Gasteiger partial charge >= 0.3 is 6.09 Å². The van der Waals surface area contributed by atoms with Crippen LogP contribution in [-0.2, 0) is 14.8 Å². The van der Waals surface area contributed by atoms with Crippen LogP contribution in [0.3, 0.4) is 0 Å². The Morgan fingerprint density at radius 3 is 2.61 bits per heavy atom. The SMILES string of the molecule is CNC(SC1CCCN(C(=O)OC(C)(C)C)C1)c1cnc2c(ccn2S(=O)(=O)c2ccc(C)cc2)n1. The van der Waals surface area contributed by atoms with Gasteiger partial charge in [-0.3, -0.25) is 0 Å². The Labute approximate surface area is 216 Å². The molecule has 1 aromatic carbocycles. The van der Waals surface area contributed by atoms with Gasteiger partial charge in [-0.1, -0.05) is 17.7 Å². The molecule has 0 radical (unpaired) electrons. The van der Waals surface area contributed by atoms with Crippen LogP contribution in [0.15, 0.2) is 47.6 Å². The fraction of sp³-hybridized carbons (Fsp3) is 0.480. The minimum atomic E-state index is -3.78. The maximum absolute atomic E-state index is 13.2. The van der Waals surface area contributed by atoms with E-state index in [4.69, 9.17) is 9.72 Å². The van der Waals surface area contributed by atoms with Crippen LogP contribution >= 0.6 is 11.8 Å². The Morgan fingerprint density at radius 2 is 1.94 bits per heavy atom. The molecule has 1 saturated heterocycles. The molecule has 194 valence electrons. The second-order valence-corrected chi connectivity index (χ2v) is 13.2. The van der Waals surface area contributed by atoms with Gasteiger partial charge in [-0.15, -0.1) is 11.8 Å². The van der Waals surface area contributed by atoms with Crippen molar-refractivity contribution in [1.82, 2.24) is 24.2 Å². The van der Waals surface area contributed by atoms with Crippen molar-refractivity contribution in [2.24, 2.45) is 0 Å². The number of nitrogens with one attached hydrogen (secondary N) is 1. The monoisotopic (exact) mass is 531 g/mol. The number of fused-ring (bicyclic) bond motifs is 1. The zero-order valence-corrected chi connectivity index (χ0v) is 22.9. The van der Waals surface area contributed by atoms with Crippen molar-refractivity contribution in [2.75, 3.05) is 20.1 Å². The van der Waals surface area contributed by atoms with E-state index in [9.17, 15) is 13.2 Å². The summed E-state index contributed by atoms with van der Waals surface area (Å²) in [7, 11) is -1.93. The van der Waals surface area contributed by atoms with E-state index in [-0.39, 0.29) is 27.3 Å². The third kappa shape index (κ3) is 5.84. The highest BCUT2D eigenvalue weighted by Crippen LogP contribution is 2.34. The third-order valence-electron chi connectivity index (χ3n) is 5.84. The summed E-state index contributed by atoms with van der Waals surface area (Å²) in [6.45, 7) is 8.79. The molecule has 0 aliphatic carbocycles. The molecule has 3 aromatic rings. The van der Waals surface area contributed by atoms with Crippen molar-refractivity contribution in [1.29, 1.82) is 0 Å². The lowest BCUT2D eigenvalue weighted by atomic mass is 10.1. The maximum Gasteiger partial charge on any atom is 0.410 e. The van der Waals surface area contributed by atoms with Gasteiger partial charge < -0.3 is 15.0 Å². The van der Waals surface area contributed by atoms with Crippen LogP contribution in [-0.4, -0.2) is 64.3 Å². The van der Waals surface area contributed by atoms with Crippen LogP contribution in [0.5, 0.6) is 0 Å². The largest absolute Gasteiger partial charge is 0.444 e. The van der Waals surface area contributed by atoms with Crippen molar-refractivity contribution in [3.8, 4) is 0 Å². The molecular formula is C25H33N5O4S2. The summed E-state index contributed by atoms with van der Waals surface area (Å²) < 4.78 is 33.1. The minimum absolute atomic E-state index is 0.164. The van der Waals surface area contributed by atoms with Crippen LogP contribution < -0.4 is 5.32 Å². The van der Waals surface area contributed by atoms with Gasteiger partial charge in [0.25, 0.3) is 10.0 Å². The summed E-state index contributed by atoms with van der Waals surface area (Å²) in [6, 6.07) is 8.39. The van der Waals surface area contributed by atoms with Crippen molar-refractivity contribution in [3.05, 3.63) is 54.0 Å². The molecule has 2 aromatic heterocycles. The minimum Gasteiger partial charge on any atom is -0.444 e. The van der Waals surface area contributed by atoms with Gasteiger partial charge in [-0.25, -0.2) is 27.2 Å². The highest BCUT2D eigenvalue weighted by Gasteiger charge is 2.30. The molecule has 1 aliphatic heterocycles. The molecule has 1 aliphatic rings. The first kappa shape index (κ1) is 26.4. The van der Waals surface area contributed by atoms with Crippen LogP contribution in [0.2, 0.25) is 0 Å². The number of thioether (sulfide) groups is 1. The molecule has 0 spiro atoms. The number of amides is 1. The van der Waals surface area contributed by atoms with Crippen LogP contribution in [0.1, 0.15) is 50.2 Å². The second-order valence-electron chi connectivity index (χ2n) is 9.93. The summed E-state index contributed by atoms with van der Waals surface area (Å²) in [5.41, 5.74) is 1.95. The molecular weight excluding hydrogens is 498 g/mol. The fourth-order valence-corrected chi connectivity index (χ4v) is 6.70. The quantitative estimate of drug-likeness (QED) is 0.469. The number of ether oxygens (including phenoxy) is 1. The highest BCUT2D eigenvalue weighted by atomic mass is 32.2. The van der Waals surface area contributed by atoms with Gasteiger partial charge in [0.2, 0.25) is 0 Å². The number of aromatic nitrogens is 3. The number of likely N-dealkylation sites (tertiary alicyclic amines) is 1. The van der Waals surface area contributed by atoms with Crippen molar-refractivity contribution < 1.29 is 17.9 Å². The Morgan fingerprint density at radius 1 is 1.22 bits per heavy atom. The van der Waals surface area contributed by atoms with Gasteiger partial charge in [-0.2, -0.15) is 0 Å². The molecule has 36 heavy (non-hydrogen) atoms. The maximum atomic E-state index is 13.2. The van der Waals surface area contributed by atoms with E-state index >= 15 is 0 Å². The standard InChI is InChI=1S/C25H33N5O4S2/c1-17-8-10-19(11-9-17)36(32,33)30-14-12-20-22(30)27-15-21(28-20)23(26-5)35-18-7-6-13-29(16-18)24(31)34-25(2,3)4/h8-12,14-15,18,23,26H,6-7,13,16H2,1-5H3. The first-order valence-electron chi connectivity index (χ1n) is 11.9. The summed E-state index contributed by atoms with van der Waals surface area (Å²) in [5, 5.41) is 3.32. The molecule has 4 rings (SSSR count). The Hall–Kier alpha value is -2.63. The highest BCUT2D eigenvalue weighted by molar-refractivity contribution is 8.00. The Bertz CT molecular complexity index is 1330. The van der Waals surface area contributed by atoms with E-state index in [1.807, 2.05) is 34.7 Å². The topological polar surface area (TPSA) is 106 Å². The first-order chi connectivity index (χ1) is 17.0. The number of benzene rings is 1. The number of rotatable bonds is 6. The lowest BCUT2D eigenvalue weighted by molar-refractivity contribution is 0.0220. The van der Waals surface area contributed by atoms with Gasteiger partial charge in [0.15, 0.2) is 5.65 Å².